The minimum Gasteiger partial charge on any atom is -0.494 e. The van der Waals surface area contributed by atoms with Gasteiger partial charge in [0.2, 0.25) is 0 Å². The van der Waals surface area contributed by atoms with Crippen LogP contribution in [-0.2, 0) is 16.4 Å². The fraction of sp³-hybridized carbons (Fsp3) is 0.211. The van der Waals surface area contributed by atoms with Gasteiger partial charge in [0.15, 0.2) is 0 Å². The summed E-state index contributed by atoms with van der Waals surface area (Å²) in [5, 5.41) is 4.92. The number of fused-ring (bicyclic) bond motifs is 1. The van der Waals surface area contributed by atoms with Crippen LogP contribution in [0.1, 0.15) is 25.0 Å². The fourth-order valence-corrected chi connectivity index (χ4v) is 3.53. The number of H-pyrrole nitrogens is 1. The fourth-order valence-electron chi connectivity index (χ4n) is 2.74. The third-order valence-corrected chi connectivity index (χ3v) is 5.27. The number of para-hydroxylation sites is 1. The van der Waals surface area contributed by atoms with Crippen molar-refractivity contribution in [2.75, 3.05) is 6.61 Å². The van der Waals surface area contributed by atoms with Crippen molar-refractivity contribution in [3.05, 3.63) is 59.8 Å². The number of aromatic nitrogens is 1. The van der Waals surface area contributed by atoms with Gasteiger partial charge in [0.1, 0.15) is 5.75 Å². The van der Waals surface area contributed by atoms with Crippen LogP contribution in [0.15, 0.2) is 58.7 Å². The predicted octanol–water partition coefficient (Wildman–Crippen LogP) is 3.44. The lowest BCUT2D eigenvalue weighted by molar-refractivity contribution is 0.340. The smallest absolute Gasteiger partial charge is 0.276 e. The molecule has 0 aliphatic rings. The third kappa shape index (κ3) is 3.72. The van der Waals surface area contributed by atoms with Crippen molar-refractivity contribution in [3.63, 3.8) is 0 Å². The summed E-state index contributed by atoms with van der Waals surface area (Å²) >= 11 is 0. The van der Waals surface area contributed by atoms with E-state index in [2.05, 4.69) is 27.9 Å². The molecule has 0 radical (unpaired) electrons. The van der Waals surface area contributed by atoms with Gasteiger partial charge in [-0.05, 0) is 43.2 Å². The molecule has 0 unspecified atom stereocenters. The van der Waals surface area contributed by atoms with Crippen molar-refractivity contribution in [3.8, 4) is 5.75 Å². The number of hydrogen-bond donors (Lipinski definition) is 2. The highest BCUT2D eigenvalue weighted by Crippen LogP contribution is 2.21. The molecule has 7 heteroatoms. The molecule has 0 bridgehead atoms. The molecule has 0 spiro atoms. The van der Waals surface area contributed by atoms with Crippen LogP contribution in [0.4, 0.5) is 0 Å². The molecule has 6 nitrogen and oxygen atoms in total. The molecule has 1 aromatic heterocycles. The number of aromatic amines is 1. The summed E-state index contributed by atoms with van der Waals surface area (Å²) in [6, 6.07) is 12.2. The minimum atomic E-state index is -3.72. The topological polar surface area (TPSA) is 83.6 Å². The lowest BCUT2D eigenvalue weighted by Gasteiger charge is -2.05. The Labute approximate surface area is 152 Å². The molecule has 2 N–H and O–H groups in total. The van der Waals surface area contributed by atoms with Crippen molar-refractivity contribution in [2.45, 2.75) is 25.2 Å². The number of sulfonamides is 1. The van der Waals surface area contributed by atoms with E-state index >= 15 is 0 Å². The second kappa shape index (κ2) is 7.61. The largest absolute Gasteiger partial charge is 0.494 e. The minimum absolute atomic E-state index is 0.130. The highest BCUT2D eigenvalue weighted by atomic mass is 32.2. The Morgan fingerprint density at radius 2 is 1.92 bits per heavy atom. The van der Waals surface area contributed by atoms with Crippen LogP contribution in [0.2, 0.25) is 0 Å². The highest BCUT2D eigenvalue weighted by molar-refractivity contribution is 7.89. The van der Waals surface area contributed by atoms with Crippen molar-refractivity contribution < 1.29 is 13.2 Å². The lowest BCUT2D eigenvalue weighted by atomic mass is 10.1. The molecule has 26 heavy (non-hydrogen) atoms. The van der Waals surface area contributed by atoms with Gasteiger partial charge in [0.25, 0.3) is 10.0 Å². The van der Waals surface area contributed by atoms with Crippen molar-refractivity contribution in [1.82, 2.24) is 9.82 Å². The summed E-state index contributed by atoms with van der Waals surface area (Å²) in [5.41, 5.74) is 3.08. The van der Waals surface area contributed by atoms with Gasteiger partial charge >= 0.3 is 0 Å². The highest BCUT2D eigenvalue weighted by Gasteiger charge is 2.12. The Hall–Kier alpha value is -2.80. The van der Waals surface area contributed by atoms with Crippen LogP contribution >= 0.6 is 0 Å². The molecule has 0 aliphatic carbocycles. The standard InChI is InChI=1S/C19H21N3O3S/c1-3-14-6-5-7-18-15(12-20-19(14)18)13-21-22-26(23,24)17-10-8-16(9-11-17)25-4-2/h5-13,20,22H,3-4H2,1-2H3/b21-13+. The van der Waals surface area contributed by atoms with E-state index in [1.807, 2.05) is 25.3 Å². The summed E-state index contributed by atoms with van der Waals surface area (Å²) in [5.74, 6) is 0.625. The van der Waals surface area contributed by atoms with Gasteiger partial charge in [0.05, 0.1) is 17.7 Å². The molecule has 2 aromatic carbocycles. The number of hydrazone groups is 1. The van der Waals surface area contributed by atoms with Crippen LogP contribution in [0.3, 0.4) is 0 Å². The van der Waals surface area contributed by atoms with Gasteiger partial charge in [-0.1, -0.05) is 25.1 Å². The molecule has 3 rings (SSSR count). The number of aryl methyl sites for hydroxylation is 1. The molecular formula is C19H21N3O3S. The van der Waals surface area contributed by atoms with Gasteiger partial charge in [-0.2, -0.15) is 13.5 Å². The van der Waals surface area contributed by atoms with Gasteiger partial charge in [-0.25, -0.2) is 4.83 Å². The van der Waals surface area contributed by atoms with Crippen LogP contribution in [0.5, 0.6) is 5.75 Å². The molecular weight excluding hydrogens is 350 g/mol. The molecule has 0 atom stereocenters. The van der Waals surface area contributed by atoms with E-state index in [0.717, 1.165) is 22.9 Å². The summed E-state index contributed by atoms with van der Waals surface area (Å²) in [7, 11) is -3.72. The SMILES string of the molecule is CCOc1ccc(S(=O)(=O)N/N=C/c2c[nH]c3c(CC)cccc23)cc1. The Balaban J connectivity index is 1.77. The van der Waals surface area contributed by atoms with Crippen molar-refractivity contribution in [2.24, 2.45) is 5.10 Å². The van der Waals surface area contributed by atoms with Crippen LogP contribution in [0, 0.1) is 0 Å². The summed E-state index contributed by atoms with van der Waals surface area (Å²) in [4.78, 5) is 5.60. The van der Waals surface area contributed by atoms with E-state index in [1.54, 1.807) is 12.1 Å². The molecule has 0 saturated heterocycles. The van der Waals surface area contributed by atoms with E-state index in [4.69, 9.17) is 4.74 Å². The Kier molecular flexibility index (Phi) is 5.27. The van der Waals surface area contributed by atoms with E-state index in [-0.39, 0.29) is 4.90 Å². The van der Waals surface area contributed by atoms with E-state index in [1.165, 1.54) is 23.9 Å². The monoisotopic (exact) mass is 371 g/mol. The first-order valence-corrected chi connectivity index (χ1v) is 9.90. The maximum atomic E-state index is 12.3. The number of nitrogens with zero attached hydrogens (tertiary/aromatic N) is 1. The number of hydrogen-bond acceptors (Lipinski definition) is 4. The van der Waals surface area contributed by atoms with Crippen molar-refractivity contribution >= 4 is 27.1 Å². The zero-order valence-corrected chi connectivity index (χ0v) is 15.5. The van der Waals surface area contributed by atoms with E-state index < -0.39 is 10.0 Å². The first kappa shape index (κ1) is 18.0. The van der Waals surface area contributed by atoms with E-state index in [9.17, 15) is 8.42 Å². The van der Waals surface area contributed by atoms with Gasteiger partial charge in [-0.3, -0.25) is 0 Å². The Bertz CT molecular complexity index is 1020. The summed E-state index contributed by atoms with van der Waals surface area (Å²) < 4.78 is 30.0. The molecule has 0 fully saturated rings. The maximum Gasteiger partial charge on any atom is 0.276 e. The predicted molar refractivity (Wildman–Crippen MR) is 103 cm³/mol. The first-order chi connectivity index (χ1) is 12.5. The molecule has 3 aromatic rings. The molecule has 1 heterocycles. The maximum absolute atomic E-state index is 12.3. The number of benzene rings is 2. The second-order valence-corrected chi connectivity index (χ2v) is 7.36. The van der Waals surface area contributed by atoms with E-state index in [0.29, 0.717) is 12.4 Å². The zero-order chi connectivity index (χ0) is 18.6. The number of rotatable bonds is 7. The first-order valence-electron chi connectivity index (χ1n) is 8.42. The molecule has 0 amide bonds. The molecule has 0 saturated carbocycles. The van der Waals surface area contributed by atoms with Crippen molar-refractivity contribution in [1.29, 1.82) is 0 Å². The van der Waals surface area contributed by atoms with Crippen LogP contribution < -0.4 is 9.57 Å². The quantitative estimate of drug-likeness (QED) is 0.493. The zero-order valence-electron chi connectivity index (χ0n) is 14.7. The molecule has 0 aliphatic heterocycles. The number of nitrogens with one attached hydrogen (secondary N) is 2. The van der Waals surface area contributed by atoms with Crippen LogP contribution in [0.25, 0.3) is 10.9 Å². The van der Waals surface area contributed by atoms with Gasteiger partial charge < -0.3 is 9.72 Å². The summed E-state index contributed by atoms with van der Waals surface area (Å²) in [6.07, 6.45) is 4.24. The van der Waals surface area contributed by atoms with Crippen LogP contribution in [-0.4, -0.2) is 26.2 Å². The normalized spacial score (nSPS) is 11.9. The lowest BCUT2D eigenvalue weighted by Crippen LogP contribution is -2.18. The Morgan fingerprint density at radius 3 is 2.62 bits per heavy atom. The average molecular weight is 371 g/mol. The molecule has 136 valence electrons. The number of ether oxygens (including phenoxy) is 1. The summed E-state index contributed by atoms with van der Waals surface area (Å²) in [6.45, 7) is 4.49. The van der Waals surface area contributed by atoms with Gasteiger partial charge in [-0.15, -0.1) is 0 Å². The average Bonchev–Trinajstić information content (AvgIpc) is 3.06. The second-order valence-electron chi connectivity index (χ2n) is 5.69. The third-order valence-electron chi connectivity index (χ3n) is 4.04. The Morgan fingerprint density at radius 1 is 1.15 bits per heavy atom. The van der Waals surface area contributed by atoms with Gasteiger partial charge in [0, 0.05) is 22.7 Å².